The van der Waals surface area contributed by atoms with Crippen molar-refractivity contribution in [3.05, 3.63) is 66.0 Å². The van der Waals surface area contributed by atoms with Crippen LogP contribution in [0.25, 0.3) is 10.9 Å². The van der Waals surface area contributed by atoms with Crippen molar-refractivity contribution in [3.63, 3.8) is 0 Å². The molecule has 0 bridgehead atoms. The predicted molar refractivity (Wildman–Crippen MR) is 158 cm³/mol. The fraction of sp³-hybridized carbons (Fsp3) is 0.500. The molecule has 6 nitrogen and oxygen atoms in total. The second kappa shape index (κ2) is 17.3. The van der Waals surface area contributed by atoms with E-state index in [1.165, 1.54) is 39.5 Å². The average Bonchev–Trinajstić information content (AvgIpc) is 2.90. The fourth-order valence-corrected chi connectivity index (χ4v) is 4.12. The van der Waals surface area contributed by atoms with Gasteiger partial charge in [0, 0.05) is 26.4 Å². The molecule has 1 heterocycles. The Morgan fingerprint density at radius 2 is 1.34 bits per heavy atom. The molecule has 2 aromatic carbocycles. The van der Waals surface area contributed by atoms with Crippen LogP contribution in [0.1, 0.15) is 84.7 Å². The minimum absolute atomic E-state index is 0.175. The van der Waals surface area contributed by atoms with E-state index in [0.717, 1.165) is 34.4 Å². The number of fused-ring (bicyclic) bond motifs is 1. The molecule has 0 saturated heterocycles. The molecule has 0 N–H and O–H groups in total. The van der Waals surface area contributed by atoms with Crippen LogP contribution in [0.3, 0.4) is 0 Å². The van der Waals surface area contributed by atoms with E-state index < -0.39 is 12.1 Å². The lowest BCUT2D eigenvalue weighted by atomic mass is 9.84. The highest BCUT2D eigenvalue weighted by atomic mass is 16.5. The maximum atomic E-state index is 11.2. The van der Waals surface area contributed by atoms with Crippen molar-refractivity contribution in [1.29, 1.82) is 0 Å². The smallest absolute Gasteiger partial charge is 0.303 e. The summed E-state index contributed by atoms with van der Waals surface area (Å²) in [7, 11) is 3.99. The van der Waals surface area contributed by atoms with Gasteiger partial charge in [-0.2, -0.15) is 0 Å². The van der Waals surface area contributed by atoms with Crippen LogP contribution in [0.2, 0.25) is 0 Å². The monoisotopic (exact) mass is 521 g/mol. The number of carbonyl (C=O) groups is 2. The first-order valence-corrected chi connectivity index (χ1v) is 13.7. The Labute approximate surface area is 229 Å². The van der Waals surface area contributed by atoms with Gasteiger partial charge in [-0.3, -0.25) is 9.59 Å². The highest BCUT2D eigenvalue weighted by Gasteiger charge is 2.19. The first-order valence-electron chi connectivity index (χ1n) is 13.7. The highest BCUT2D eigenvalue weighted by Crippen LogP contribution is 2.27. The van der Waals surface area contributed by atoms with E-state index in [-0.39, 0.29) is 5.78 Å². The quantitative estimate of drug-likeness (QED) is 0.327. The van der Waals surface area contributed by atoms with Crippen LogP contribution >= 0.6 is 0 Å². The minimum atomic E-state index is -0.770. The molecule has 1 aromatic heterocycles. The van der Waals surface area contributed by atoms with E-state index in [1.54, 1.807) is 24.3 Å². The average molecular weight is 522 g/mol. The van der Waals surface area contributed by atoms with Crippen molar-refractivity contribution in [2.45, 2.75) is 80.3 Å². The molecule has 1 saturated carbocycles. The Bertz CT molecular complexity index is 1100. The molecule has 3 aromatic rings. The van der Waals surface area contributed by atoms with E-state index in [1.807, 2.05) is 70.1 Å². The van der Waals surface area contributed by atoms with Crippen LogP contribution in [0, 0.1) is 18.8 Å². The number of ether oxygens (including phenoxy) is 1. The summed E-state index contributed by atoms with van der Waals surface area (Å²) in [4.78, 5) is 32.8. The number of aryl methyl sites for hydroxylation is 1. The third-order valence-electron chi connectivity index (χ3n) is 6.18. The molecule has 38 heavy (non-hydrogen) atoms. The predicted octanol–water partition coefficient (Wildman–Crippen LogP) is 7.74. The van der Waals surface area contributed by atoms with Gasteiger partial charge in [-0.1, -0.05) is 95.8 Å². The van der Waals surface area contributed by atoms with Gasteiger partial charge in [0.05, 0.1) is 5.52 Å². The normalized spacial score (nSPS) is 16.8. The summed E-state index contributed by atoms with van der Waals surface area (Å²) in [5.74, 6) is 3.21. The Kier molecular flexibility index (Phi) is 14.9. The molecule has 6 heteroatoms. The maximum Gasteiger partial charge on any atom is 0.303 e. The first kappa shape index (κ1) is 32.7. The van der Waals surface area contributed by atoms with E-state index in [0.29, 0.717) is 5.56 Å². The van der Waals surface area contributed by atoms with Crippen LogP contribution in [-0.2, 0) is 14.3 Å². The molecule has 1 atom stereocenters. The Morgan fingerprint density at radius 3 is 1.82 bits per heavy atom. The van der Waals surface area contributed by atoms with E-state index >= 15 is 0 Å². The highest BCUT2D eigenvalue weighted by molar-refractivity contribution is 5.89. The molecule has 1 fully saturated rings. The molecule has 0 radical (unpaired) electrons. The fourth-order valence-electron chi connectivity index (χ4n) is 4.12. The SMILES string of the molecule is CC.CC(=O)OC(C(C)=O)c1ccccc1.CC1CCC(C)CC1.Cc1nc(N(C)C)c2ccccc2n1. The van der Waals surface area contributed by atoms with Crippen molar-refractivity contribution < 1.29 is 14.3 Å². The summed E-state index contributed by atoms with van der Waals surface area (Å²) in [6.45, 7) is 13.3. The third kappa shape index (κ3) is 11.4. The van der Waals surface area contributed by atoms with Crippen LogP contribution in [-0.4, -0.2) is 35.8 Å². The number of anilines is 1. The van der Waals surface area contributed by atoms with Crippen molar-refractivity contribution in [1.82, 2.24) is 9.97 Å². The van der Waals surface area contributed by atoms with Crippen LogP contribution < -0.4 is 4.90 Å². The van der Waals surface area contributed by atoms with Gasteiger partial charge in [0.1, 0.15) is 11.6 Å². The number of carbonyl (C=O) groups excluding carboxylic acids is 2. The number of hydrogen-bond donors (Lipinski definition) is 0. The summed E-state index contributed by atoms with van der Waals surface area (Å²) in [6.07, 6.45) is 5.12. The topological polar surface area (TPSA) is 72.4 Å². The van der Waals surface area contributed by atoms with Crippen LogP contribution in [0.5, 0.6) is 0 Å². The number of aromatic nitrogens is 2. The van der Waals surface area contributed by atoms with Crippen molar-refractivity contribution in [3.8, 4) is 0 Å². The lowest BCUT2D eigenvalue weighted by molar-refractivity contribution is -0.152. The standard InChI is InChI=1S/C11H13N3.C11H12O3.C8H16.C2H6/c1-8-12-10-7-5-4-6-9(10)11(13-8)14(2)3;1-8(12)11(14-9(2)13)10-6-4-3-5-7-10;1-7-3-5-8(2)6-4-7;1-2/h4-7H,1-3H3;3-7,11H,1-2H3;7-8H,3-6H2,1-2H3;1-2H3. The number of hydrogen-bond acceptors (Lipinski definition) is 6. The number of ketones is 1. The number of benzene rings is 2. The number of para-hydroxylation sites is 1. The number of nitrogens with zero attached hydrogens (tertiary/aromatic N) is 3. The zero-order chi connectivity index (χ0) is 28.7. The second-order valence-electron chi connectivity index (χ2n) is 9.88. The summed E-state index contributed by atoms with van der Waals surface area (Å²) in [5.41, 5.74) is 1.71. The van der Waals surface area contributed by atoms with Gasteiger partial charge in [-0.05, 0) is 43.4 Å². The molecule has 0 spiro atoms. The lowest BCUT2D eigenvalue weighted by Crippen LogP contribution is -2.15. The van der Waals surface area contributed by atoms with E-state index in [2.05, 4.69) is 23.8 Å². The van der Waals surface area contributed by atoms with Crippen LogP contribution in [0.4, 0.5) is 5.82 Å². The van der Waals surface area contributed by atoms with Gasteiger partial charge in [0.25, 0.3) is 0 Å². The zero-order valence-electron chi connectivity index (χ0n) is 24.8. The lowest BCUT2D eigenvalue weighted by Gasteiger charge is -2.22. The van der Waals surface area contributed by atoms with Gasteiger partial charge < -0.3 is 9.64 Å². The Balaban J connectivity index is 0.000000286. The van der Waals surface area contributed by atoms with Gasteiger partial charge in [0.2, 0.25) is 0 Å². The number of esters is 1. The molecular weight excluding hydrogens is 474 g/mol. The summed E-state index contributed by atoms with van der Waals surface area (Å²) >= 11 is 0. The summed E-state index contributed by atoms with van der Waals surface area (Å²) in [6, 6.07) is 17.0. The molecule has 1 aliphatic carbocycles. The molecule has 0 amide bonds. The Morgan fingerprint density at radius 1 is 0.842 bits per heavy atom. The first-order chi connectivity index (χ1) is 18.1. The molecular formula is C32H47N3O3. The molecule has 1 unspecified atom stereocenters. The van der Waals surface area contributed by atoms with E-state index in [4.69, 9.17) is 4.74 Å². The zero-order valence-corrected chi connectivity index (χ0v) is 24.8. The molecule has 208 valence electrons. The Hall–Kier alpha value is -3.28. The van der Waals surface area contributed by atoms with Crippen molar-refractivity contribution >= 4 is 28.5 Å². The second-order valence-corrected chi connectivity index (χ2v) is 9.88. The summed E-state index contributed by atoms with van der Waals surface area (Å²) in [5, 5.41) is 1.10. The maximum absolute atomic E-state index is 11.2. The largest absolute Gasteiger partial charge is 0.450 e. The van der Waals surface area contributed by atoms with Gasteiger partial charge in [0.15, 0.2) is 11.9 Å². The number of Topliss-reactive ketones (excluding diaryl/α,β-unsaturated/α-hetero) is 1. The minimum Gasteiger partial charge on any atom is -0.450 e. The number of rotatable bonds is 4. The molecule has 4 rings (SSSR count). The summed E-state index contributed by atoms with van der Waals surface area (Å²) < 4.78 is 4.91. The molecule has 1 aliphatic rings. The van der Waals surface area contributed by atoms with Crippen molar-refractivity contribution in [2.24, 2.45) is 11.8 Å². The van der Waals surface area contributed by atoms with Crippen LogP contribution in [0.15, 0.2) is 54.6 Å². The van der Waals surface area contributed by atoms with Gasteiger partial charge in [-0.15, -0.1) is 0 Å². The van der Waals surface area contributed by atoms with Crippen molar-refractivity contribution in [2.75, 3.05) is 19.0 Å². The van der Waals surface area contributed by atoms with Gasteiger partial charge in [-0.25, -0.2) is 9.97 Å². The van der Waals surface area contributed by atoms with Gasteiger partial charge >= 0.3 is 5.97 Å². The van der Waals surface area contributed by atoms with E-state index in [9.17, 15) is 9.59 Å². The third-order valence-corrected chi connectivity index (χ3v) is 6.18. The molecule has 0 aliphatic heterocycles.